The number of alkyl halides is 3. The Bertz CT molecular complexity index is 1540. The number of methoxy groups -OCH3 is 2. The van der Waals surface area contributed by atoms with Gasteiger partial charge in [0.05, 0.1) is 40.0 Å². The van der Waals surface area contributed by atoms with E-state index in [2.05, 4.69) is 0 Å². The molecule has 49 heavy (non-hydrogen) atoms. The summed E-state index contributed by atoms with van der Waals surface area (Å²) >= 11 is 0. The van der Waals surface area contributed by atoms with Crippen LogP contribution in [0.25, 0.3) is 0 Å². The van der Waals surface area contributed by atoms with Gasteiger partial charge in [-0.15, -0.1) is 0 Å². The fraction of sp³-hybridized carbons (Fsp3) is 0.486. The van der Waals surface area contributed by atoms with Crippen LogP contribution in [0.1, 0.15) is 73.7 Å². The molecule has 5 rings (SSSR count). The number of hydrogen-bond donors (Lipinski definition) is 1. The summed E-state index contributed by atoms with van der Waals surface area (Å²) in [6.45, 7) is 11.7. The zero-order chi connectivity index (χ0) is 36.0. The molecule has 0 amide bonds. The molecule has 0 bridgehead atoms. The van der Waals surface area contributed by atoms with Crippen molar-refractivity contribution < 1.29 is 56.2 Å². The number of aliphatic hydroxyl groups is 1. The maximum atomic E-state index is 13.6. The normalized spacial score (nSPS) is 19.3. The van der Waals surface area contributed by atoms with Crippen LogP contribution in [0.3, 0.4) is 0 Å². The van der Waals surface area contributed by atoms with Crippen LogP contribution in [-0.4, -0.2) is 65.5 Å². The Morgan fingerprint density at radius 1 is 0.776 bits per heavy atom. The van der Waals surface area contributed by atoms with Crippen molar-refractivity contribution in [2.75, 3.05) is 47.4 Å². The molecule has 9 nitrogen and oxygen atoms in total. The summed E-state index contributed by atoms with van der Waals surface area (Å²) in [7, 11) is 2.92. The van der Waals surface area contributed by atoms with Gasteiger partial charge in [0.25, 0.3) is 0 Å². The Kier molecular flexibility index (Phi) is 12.2. The summed E-state index contributed by atoms with van der Waals surface area (Å²) in [4.78, 5) is 8.00. The van der Waals surface area contributed by atoms with E-state index in [4.69, 9.17) is 38.0 Å². The first kappa shape index (κ1) is 38.3. The fourth-order valence-electron chi connectivity index (χ4n) is 5.74. The summed E-state index contributed by atoms with van der Waals surface area (Å²) in [5, 5.41) is 13.2. The second-order valence-electron chi connectivity index (χ2n) is 13.7. The van der Waals surface area contributed by atoms with Crippen LogP contribution in [0.15, 0.2) is 60.7 Å². The van der Waals surface area contributed by atoms with E-state index in [0.29, 0.717) is 37.6 Å². The molecule has 0 radical (unpaired) electrons. The average molecular weight is 691 g/mol. The van der Waals surface area contributed by atoms with Gasteiger partial charge in [-0.3, -0.25) is 0 Å². The van der Waals surface area contributed by atoms with E-state index >= 15 is 0 Å². The lowest BCUT2D eigenvalue weighted by Crippen LogP contribution is -2.35. The van der Waals surface area contributed by atoms with Gasteiger partial charge in [-0.1, -0.05) is 64.1 Å². The summed E-state index contributed by atoms with van der Waals surface area (Å²) in [5.41, 5.74) is -0.720. The van der Waals surface area contributed by atoms with Crippen molar-refractivity contribution in [2.45, 2.75) is 58.5 Å². The molecule has 2 saturated heterocycles. The minimum absolute atomic E-state index is 0.0265. The van der Waals surface area contributed by atoms with Gasteiger partial charge in [-0.2, -0.15) is 13.2 Å². The predicted octanol–water partition coefficient (Wildman–Crippen LogP) is 7.03. The standard InChI is InChI=1S/C36H43F3O8.CH2O/c1-33(2)18-43-31(44-19-33)24-10-12-29(42-6)27(15-24)36(40,26-9-7-8-23(14-26)17-35(37,38)39)28-16-25(11-13-30(28)47-22-41-5)32-45-20-34(3,4)21-46-32;1-2/h7-16,31-32,40H,17-22H2,1-6H3;1H2. The van der Waals surface area contributed by atoms with Crippen LogP contribution >= 0.6 is 0 Å². The molecule has 2 fully saturated rings. The van der Waals surface area contributed by atoms with Crippen LogP contribution in [0.4, 0.5) is 13.2 Å². The molecule has 1 unspecified atom stereocenters. The lowest BCUT2D eigenvalue weighted by molar-refractivity contribution is -0.226. The van der Waals surface area contributed by atoms with Gasteiger partial charge in [0.1, 0.15) is 23.9 Å². The van der Waals surface area contributed by atoms with E-state index in [1.165, 1.54) is 32.4 Å². The molecular formula is C37H45F3O9. The van der Waals surface area contributed by atoms with Crippen molar-refractivity contribution in [3.05, 3.63) is 94.0 Å². The SMILES string of the molecule is C=O.COCOc1ccc(C2OCC(C)(C)CO2)cc1C(O)(c1cccc(CC(F)(F)F)c1)c1cc(C2OCC(C)(C)CO2)ccc1OC. The molecular weight excluding hydrogens is 645 g/mol. The van der Waals surface area contributed by atoms with E-state index < -0.39 is 30.8 Å². The van der Waals surface area contributed by atoms with E-state index in [9.17, 15) is 18.3 Å². The van der Waals surface area contributed by atoms with Crippen molar-refractivity contribution in [2.24, 2.45) is 10.8 Å². The number of carbonyl (C=O) groups excluding carboxylic acids is 1. The van der Waals surface area contributed by atoms with Crippen molar-refractivity contribution in [3.63, 3.8) is 0 Å². The highest BCUT2D eigenvalue weighted by molar-refractivity contribution is 5.58. The summed E-state index contributed by atoms with van der Waals surface area (Å²) in [5.74, 6) is 0.512. The number of halogens is 3. The van der Waals surface area contributed by atoms with Gasteiger partial charge < -0.3 is 43.1 Å². The predicted molar refractivity (Wildman–Crippen MR) is 174 cm³/mol. The van der Waals surface area contributed by atoms with Crippen LogP contribution in [0, 0.1) is 10.8 Å². The van der Waals surface area contributed by atoms with Gasteiger partial charge in [-0.25, -0.2) is 0 Å². The zero-order valence-corrected chi connectivity index (χ0v) is 28.7. The maximum absolute atomic E-state index is 13.6. The van der Waals surface area contributed by atoms with E-state index in [1.807, 2.05) is 34.5 Å². The topological polar surface area (TPSA) is 102 Å². The van der Waals surface area contributed by atoms with E-state index in [0.717, 1.165) is 0 Å². The monoisotopic (exact) mass is 690 g/mol. The molecule has 0 aromatic heterocycles. The molecule has 0 aliphatic carbocycles. The van der Waals surface area contributed by atoms with Crippen molar-refractivity contribution in [1.29, 1.82) is 0 Å². The molecule has 2 aliphatic heterocycles. The number of rotatable bonds is 10. The summed E-state index contributed by atoms with van der Waals surface area (Å²) < 4.78 is 81.9. The average Bonchev–Trinajstić information content (AvgIpc) is 3.07. The van der Waals surface area contributed by atoms with Crippen LogP contribution in [-0.2, 0) is 40.5 Å². The van der Waals surface area contributed by atoms with Crippen molar-refractivity contribution >= 4 is 6.79 Å². The lowest BCUT2D eigenvalue weighted by atomic mass is 9.77. The number of hydrogen-bond acceptors (Lipinski definition) is 9. The molecule has 268 valence electrons. The van der Waals surface area contributed by atoms with E-state index in [1.54, 1.807) is 42.5 Å². The van der Waals surface area contributed by atoms with Gasteiger partial charge >= 0.3 is 6.18 Å². The molecule has 0 spiro atoms. The molecule has 2 aliphatic rings. The Morgan fingerprint density at radius 2 is 1.27 bits per heavy atom. The molecule has 1 atom stereocenters. The number of ether oxygens (including phenoxy) is 7. The number of carbonyl (C=O) groups is 1. The smallest absolute Gasteiger partial charge is 0.393 e. The highest BCUT2D eigenvalue weighted by Gasteiger charge is 2.42. The van der Waals surface area contributed by atoms with Crippen molar-refractivity contribution in [1.82, 2.24) is 0 Å². The van der Waals surface area contributed by atoms with Crippen molar-refractivity contribution in [3.8, 4) is 11.5 Å². The minimum Gasteiger partial charge on any atom is -0.496 e. The third-order valence-corrected chi connectivity index (χ3v) is 8.13. The molecule has 2 heterocycles. The molecule has 3 aromatic carbocycles. The summed E-state index contributed by atoms with van der Waals surface area (Å²) in [6, 6.07) is 16.0. The second-order valence-corrected chi connectivity index (χ2v) is 13.7. The Labute approximate surface area is 285 Å². The molecule has 0 saturated carbocycles. The molecule has 1 N–H and O–H groups in total. The Morgan fingerprint density at radius 3 is 1.73 bits per heavy atom. The zero-order valence-electron chi connectivity index (χ0n) is 28.7. The quantitative estimate of drug-likeness (QED) is 0.178. The van der Waals surface area contributed by atoms with Crippen LogP contribution in [0.5, 0.6) is 11.5 Å². The van der Waals surface area contributed by atoms with Gasteiger partial charge in [0, 0.05) is 40.2 Å². The highest BCUT2D eigenvalue weighted by Crippen LogP contribution is 2.48. The van der Waals surface area contributed by atoms with E-state index in [-0.39, 0.29) is 51.4 Å². The first-order valence-corrected chi connectivity index (χ1v) is 15.7. The van der Waals surface area contributed by atoms with Gasteiger partial charge in [-0.05, 0) is 35.4 Å². The lowest BCUT2D eigenvalue weighted by Gasteiger charge is -2.37. The van der Waals surface area contributed by atoms with Gasteiger partial charge in [0.15, 0.2) is 19.4 Å². The molecule has 12 heteroatoms. The largest absolute Gasteiger partial charge is 0.496 e. The Balaban J connectivity index is 0.00000265. The highest BCUT2D eigenvalue weighted by atomic mass is 19.4. The maximum Gasteiger partial charge on any atom is 0.393 e. The van der Waals surface area contributed by atoms with Crippen LogP contribution < -0.4 is 9.47 Å². The third kappa shape index (κ3) is 9.19. The third-order valence-electron chi connectivity index (χ3n) is 8.13. The second kappa shape index (κ2) is 15.6. The van der Waals surface area contributed by atoms with Crippen LogP contribution in [0.2, 0.25) is 0 Å². The first-order valence-electron chi connectivity index (χ1n) is 15.7. The number of benzene rings is 3. The minimum atomic E-state index is -4.46. The van der Waals surface area contributed by atoms with Gasteiger partial charge in [0.2, 0.25) is 0 Å². The Hall–Kier alpha value is -3.52. The summed E-state index contributed by atoms with van der Waals surface area (Å²) in [6.07, 6.45) is -7.13. The fourth-order valence-corrected chi connectivity index (χ4v) is 5.74. The molecule has 3 aromatic rings. The first-order chi connectivity index (χ1) is 23.1.